The van der Waals surface area contributed by atoms with Crippen molar-refractivity contribution >= 4 is 46.6 Å². The third kappa shape index (κ3) is 5.29. The zero-order chi connectivity index (χ0) is 19.2. The number of aromatic nitrogens is 2. The van der Waals surface area contributed by atoms with Crippen molar-refractivity contribution in [1.82, 2.24) is 9.97 Å². The summed E-state index contributed by atoms with van der Waals surface area (Å²) in [5, 5.41) is 13.0. The summed E-state index contributed by atoms with van der Waals surface area (Å²) in [5.74, 6) is -0.261. The van der Waals surface area contributed by atoms with Gasteiger partial charge in [0.05, 0.1) is 11.3 Å². The minimum absolute atomic E-state index is 0.0390. The molecule has 2 N–H and O–H groups in total. The zero-order valence-corrected chi connectivity index (χ0v) is 15.5. The molecule has 0 amide bonds. The number of carbonyl (C=O) groups excluding carboxylic acids is 1. The number of carboxylic acid groups (broad SMARTS) is 1. The molecule has 0 aliphatic rings. The summed E-state index contributed by atoms with van der Waals surface area (Å²) in [4.78, 5) is 31.6. The lowest BCUT2D eigenvalue weighted by molar-refractivity contribution is 0.0696. The summed E-state index contributed by atoms with van der Waals surface area (Å²) in [6.07, 6.45) is 1.59. The van der Waals surface area contributed by atoms with Crippen LogP contribution in [0.2, 0.25) is 5.02 Å². The minimum atomic E-state index is -0.979. The lowest BCUT2D eigenvalue weighted by atomic mass is 10.1. The molecule has 27 heavy (non-hydrogen) atoms. The summed E-state index contributed by atoms with van der Waals surface area (Å²) in [7, 11) is 0. The number of nitrogens with zero attached hydrogens (tertiary/aromatic N) is 2. The average Bonchev–Trinajstić information content (AvgIpc) is 2.67. The highest BCUT2D eigenvalue weighted by molar-refractivity contribution is 7.99. The number of thioether (sulfide) groups is 1. The molecule has 0 radical (unpaired) electrons. The average molecular weight is 400 g/mol. The first-order chi connectivity index (χ1) is 13.0. The second-order valence-corrected chi connectivity index (χ2v) is 6.83. The van der Waals surface area contributed by atoms with Gasteiger partial charge in [-0.15, -0.1) is 0 Å². The van der Waals surface area contributed by atoms with E-state index in [2.05, 4.69) is 15.3 Å². The molecular formula is C19H14ClN3O3S. The Balaban J connectivity index is 1.62. The largest absolute Gasteiger partial charge is 0.478 e. The van der Waals surface area contributed by atoms with E-state index >= 15 is 0 Å². The topological polar surface area (TPSA) is 92.2 Å². The molecule has 0 aliphatic heterocycles. The SMILES string of the molecule is O=C(O)c1ccc(Nc2ccnc(SCC(=O)c3ccc(Cl)cc3)n2)cc1. The Bertz CT molecular complexity index is 963. The molecule has 3 rings (SSSR count). The van der Waals surface area contributed by atoms with Gasteiger partial charge in [0.15, 0.2) is 10.9 Å². The summed E-state index contributed by atoms with van der Waals surface area (Å²) in [6, 6.07) is 14.7. The van der Waals surface area contributed by atoms with Crippen LogP contribution >= 0.6 is 23.4 Å². The number of benzene rings is 2. The van der Waals surface area contributed by atoms with Crippen LogP contribution in [0.5, 0.6) is 0 Å². The zero-order valence-electron chi connectivity index (χ0n) is 13.9. The Kier molecular flexibility index (Phi) is 6.05. The van der Waals surface area contributed by atoms with Gasteiger partial charge in [-0.2, -0.15) is 0 Å². The van der Waals surface area contributed by atoms with E-state index in [4.69, 9.17) is 16.7 Å². The second-order valence-electron chi connectivity index (χ2n) is 5.45. The molecule has 6 nitrogen and oxygen atoms in total. The van der Waals surface area contributed by atoms with Gasteiger partial charge < -0.3 is 10.4 Å². The normalized spacial score (nSPS) is 10.4. The fourth-order valence-electron chi connectivity index (χ4n) is 2.17. The number of aromatic carboxylic acids is 1. The van der Waals surface area contributed by atoms with Gasteiger partial charge >= 0.3 is 5.97 Å². The standard InChI is InChI=1S/C19H14ClN3O3S/c20-14-5-1-12(2-6-14)16(24)11-27-19-21-10-9-17(23-19)22-15-7-3-13(4-8-15)18(25)26/h1-10H,11H2,(H,25,26)(H,21,22,23). The van der Waals surface area contributed by atoms with Gasteiger partial charge in [-0.05, 0) is 54.6 Å². The van der Waals surface area contributed by atoms with Crippen molar-refractivity contribution in [3.05, 3.63) is 76.9 Å². The monoisotopic (exact) mass is 399 g/mol. The first-order valence-corrected chi connectivity index (χ1v) is 9.22. The van der Waals surface area contributed by atoms with E-state index in [1.165, 1.54) is 23.9 Å². The van der Waals surface area contributed by atoms with Crippen molar-refractivity contribution in [3.63, 3.8) is 0 Å². The van der Waals surface area contributed by atoms with E-state index in [1.54, 1.807) is 48.7 Å². The lowest BCUT2D eigenvalue weighted by Gasteiger charge is -2.07. The quantitative estimate of drug-likeness (QED) is 0.342. The molecule has 0 spiro atoms. The molecular weight excluding hydrogens is 386 g/mol. The maximum atomic E-state index is 12.2. The summed E-state index contributed by atoms with van der Waals surface area (Å²) in [6.45, 7) is 0. The number of carbonyl (C=O) groups is 2. The van der Waals surface area contributed by atoms with Crippen LogP contribution in [-0.4, -0.2) is 32.6 Å². The lowest BCUT2D eigenvalue weighted by Crippen LogP contribution is -2.03. The highest BCUT2D eigenvalue weighted by Crippen LogP contribution is 2.20. The second kappa shape index (κ2) is 8.66. The van der Waals surface area contributed by atoms with Crippen molar-refractivity contribution in [2.75, 3.05) is 11.1 Å². The fraction of sp³-hybridized carbons (Fsp3) is 0.0526. The van der Waals surface area contributed by atoms with E-state index in [1.807, 2.05) is 0 Å². The smallest absolute Gasteiger partial charge is 0.335 e. The van der Waals surface area contributed by atoms with Gasteiger partial charge in [0.25, 0.3) is 0 Å². The van der Waals surface area contributed by atoms with E-state index < -0.39 is 5.97 Å². The Morgan fingerprint density at radius 2 is 1.67 bits per heavy atom. The van der Waals surface area contributed by atoms with Gasteiger partial charge in [0, 0.05) is 22.5 Å². The number of anilines is 2. The van der Waals surface area contributed by atoms with Crippen molar-refractivity contribution in [3.8, 4) is 0 Å². The first kappa shape index (κ1) is 18.9. The minimum Gasteiger partial charge on any atom is -0.478 e. The first-order valence-electron chi connectivity index (χ1n) is 7.86. The van der Waals surface area contributed by atoms with Gasteiger partial charge in [-0.1, -0.05) is 23.4 Å². The van der Waals surface area contributed by atoms with Crippen LogP contribution in [0, 0.1) is 0 Å². The molecule has 8 heteroatoms. The highest BCUT2D eigenvalue weighted by Gasteiger charge is 2.09. The number of rotatable bonds is 7. The van der Waals surface area contributed by atoms with Crippen LogP contribution in [0.15, 0.2) is 66.0 Å². The molecule has 1 heterocycles. The molecule has 1 aromatic heterocycles. The van der Waals surface area contributed by atoms with Crippen LogP contribution in [0.4, 0.5) is 11.5 Å². The molecule has 0 aliphatic carbocycles. The maximum Gasteiger partial charge on any atom is 0.335 e. The Morgan fingerprint density at radius 1 is 1.00 bits per heavy atom. The molecule has 0 unspecified atom stereocenters. The Labute approximate surface area is 164 Å². The number of nitrogens with one attached hydrogen (secondary N) is 1. The third-order valence-electron chi connectivity index (χ3n) is 3.54. The van der Waals surface area contributed by atoms with Crippen molar-refractivity contribution in [1.29, 1.82) is 0 Å². The molecule has 0 bridgehead atoms. The van der Waals surface area contributed by atoms with E-state index in [9.17, 15) is 9.59 Å². The van der Waals surface area contributed by atoms with Gasteiger partial charge in [0.2, 0.25) is 0 Å². The third-order valence-corrected chi connectivity index (χ3v) is 4.65. The van der Waals surface area contributed by atoms with Gasteiger partial charge in [0.1, 0.15) is 5.82 Å². The number of carboxylic acids is 1. The number of ketones is 1. The maximum absolute atomic E-state index is 12.2. The van der Waals surface area contributed by atoms with Crippen molar-refractivity contribution in [2.24, 2.45) is 0 Å². The number of Topliss-reactive ketones (excluding diaryl/α,β-unsaturated/α-hetero) is 1. The van der Waals surface area contributed by atoms with Crippen LogP contribution < -0.4 is 5.32 Å². The summed E-state index contributed by atoms with van der Waals surface area (Å²) in [5.41, 5.74) is 1.49. The Morgan fingerprint density at radius 3 is 2.33 bits per heavy atom. The van der Waals surface area contributed by atoms with Gasteiger partial charge in [-0.3, -0.25) is 4.79 Å². The van der Waals surface area contributed by atoms with Crippen LogP contribution in [-0.2, 0) is 0 Å². The van der Waals surface area contributed by atoms with Crippen molar-refractivity contribution < 1.29 is 14.7 Å². The molecule has 0 fully saturated rings. The summed E-state index contributed by atoms with van der Waals surface area (Å²) >= 11 is 7.06. The fourth-order valence-corrected chi connectivity index (χ4v) is 3.02. The van der Waals surface area contributed by atoms with E-state index in [0.29, 0.717) is 27.2 Å². The predicted molar refractivity (Wildman–Crippen MR) is 105 cm³/mol. The van der Waals surface area contributed by atoms with Gasteiger partial charge in [-0.25, -0.2) is 14.8 Å². The molecule has 0 saturated heterocycles. The molecule has 0 saturated carbocycles. The molecule has 0 atom stereocenters. The van der Waals surface area contributed by atoms with Crippen LogP contribution in [0.1, 0.15) is 20.7 Å². The molecule has 3 aromatic rings. The number of hydrogen-bond donors (Lipinski definition) is 2. The molecule has 136 valence electrons. The van der Waals surface area contributed by atoms with E-state index in [-0.39, 0.29) is 17.1 Å². The van der Waals surface area contributed by atoms with Crippen LogP contribution in [0.3, 0.4) is 0 Å². The molecule has 2 aromatic carbocycles. The Hall–Kier alpha value is -2.90. The highest BCUT2D eigenvalue weighted by atomic mass is 35.5. The van der Waals surface area contributed by atoms with Crippen LogP contribution in [0.25, 0.3) is 0 Å². The summed E-state index contributed by atoms with van der Waals surface area (Å²) < 4.78 is 0. The number of hydrogen-bond acceptors (Lipinski definition) is 6. The predicted octanol–water partition coefficient (Wildman–Crippen LogP) is 4.55. The number of halogens is 1. The van der Waals surface area contributed by atoms with E-state index in [0.717, 1.165) is 0 Å². The van der Waals surface area contributed by atoms with Crippen molar-refractivity contribution in [2.45, 2.75) is 5.16 Å².